The molecule has 0 saturated heterocycles. The van der Waals surface area contributed by atoms with E-state index in [1.54, 1.807) is 6.33 Å². The highest BCUT2D eigenvalue weighted by Crippen LogP contribution is 2.20. The molecule has 0 amide bonds. The van der Waals surface area contributed by atoms with Crippen LogP contribution in [-0.2, 0) is 0 Å². The van der Waals surface area contributed by atoms with Crippen LogP contribution in [-0.4, -0.2) is 19.7 Å². The molecule has 0 fully saturated rings. The summed E-state index contributed by atoms with van der Waals surface area (Å²) >= 11 is 0. The van der Waals surface area contributed by atoms with Crippen molar-refractivity contribution in [3.05, 3.63) is 59.7 Å². The lowest BCUT2D eigenvalue weighted by Gasteiger charge is -2.10. The van der Waals surface area contributed by atoms with Gasteiger partial charge in [-0.25, -0.2) is 14.6 Å². The number of aromatic nitrogens is 4. The summed E-state index contributed by atoms with van der Waals surface area (Å²) in [5, 5.41) is 7.77. The first-order valence-electron chi connectivity index (χ1n) is 7.75. The van der Waals surface area contributed by atoms with Gasteiger partial charge in [0.15, 0.2) is 5.82 Å². The van der Waals surface area contributed by atoms with Gasteiger partial charge in [0.25, 0.3) is 0 Å². The van der Waals surface area contributed by atoms with Crippen LogP contribution in [0.3, 0.4) is 0 Å². The van der Waals surface area contributed by atoms with Crippen molar-refractivity contribution < 1.29 is 0 Å². The first-order valence-corrected chi connectivity index (χ1v) is 7.75. The molecule has 1 aromatic carbocycles. The van der Waals surface area contributed by atoms with E-state index in [0.29, 0.717) is 5.92 Å². The Bertz CT molecular complexity index is 803. The maximum absolute atomic E-state index is 4.46. The maximum atomic E-state index is 4.46. The highest BCUT2D eigenvalue weighted by Gasteiger charge is 2.07. The predicted molar refractivity (Wildman–Crippen MR) is 92.4 cm³/mol. The second-order valence-electron chi connectivity index (χ2n) is 6.00. The summed E-state index contributed by atoms with van der Waals surface area (Å²) in [5.41, 5.74) is 4.35. The molecular formula is C18H21N5. The molecule has 5 nitrogen and oxygen atoms in total. The van der Waals surface area contributed by atoms with Crippen molar-refractivity contribution in [2.75, 3.05) is 5.32 Å². The molecule has 118 valence electrons. The molecule has 0 aliphatic heterocycles. The molecule has 0 spiro atoms. The number of hydrogen-bond donors (Lipinski definition) is 1. The van der Waals surface area contributed by atoms with Crippen LogP contribution in [0.5, 0.6) is 0 Å². The molecular weight excluding hydrogens is 286 g/mol. The lowest BCUT2D eigenvalue weighted by atomic mass is 10.0. The Balaban J connectivity index is 1.84. The Labute approximate surface area is 136 Å². The Morgan fingerprint density at radius 2 is 1.74 bits per heavy atom. The van der Waals surface area contributed by atoms with Gasteiger partial charge in [0.1, 0.15) is 12.1 Å². The highest BCUT2D eigenvalue weighted by molar-refractivity contribution is 5.57. The van der Waals surface area contributed by atoms with E-state index in [1.807, 2.05) is 30.7 Å². The summed E-state index contributed by atoms with van der Waals surface area (Å²) in [5.74, 6) is 2.03. The van der Waals surface area contributed by atoms with Crippen molar-refractivity contribution in [1.82, 2.24) is 19.7 Å². The summed E-state index contributed by atoms with van der Waals surface area (Å²) < 4.78 is 1.82. The number of aryl methyl sites for hydroxylation is 2. The lowest BCUT2D eigenvalue weighted by Crippen LogP contribution is -2.04. The summed E-state index contributed by atoms with van der Waals surface area (Å²) in [7, 11) is 0. The van der Waals surface area contributed by atoms with Crippen molar-refractivity contribution in [1.29, 1.82) is 0 Å². The Morgan fingerprint density at radius 3 is 2.35 bits per heavy atom. The zero-order valence-corrected chi connectivity index (χ0v) is 13.9. The van der Waals surface area contributed by atoms with E-state index in [2.05, 4.69) is 58.5 Å². The molecule has 0 aliphatic carbocycles. The van der Waals surface area contributed by atoms with Crippen LogP contribution >= 0.6 is 0 Å². The summed E-state index contributed by atoms with van der Waals surface area (Å²) in [4.78, 5) is 8.60. The molecule has 0 atom stereocenters. The third-order valence-electron chi connectivity index (χ3n) is 3.73. The van der Waals surface area contributed by atoms with Gasteiger partial charge in [0.05, 0.1) is 5.69 Å². The monoisotopic (exact) mass is 307 g/mol. The number of anilines is 2. The minimum Gasteiger partial charge on any atom is -0.340 e. The summed E-state index contributed by atoms with van der Waals surface area (Å²) in [6, 6.07) is 12.3. The summed E-state index contributed by atoms with van der Waals surface area (Å²) in [6.07, 6.45) is 1.55. The zero-order chi connectivity index (χ0) is 16.4. The average molecular weight is 307 g/mol. The molecule has 1 N–H and O–H groups in total. The molecule has 0 saturated carbocycles. The van der Waals surface area contributed by atoms with Crippen LogP contribution < -0.4 is 5.32 Å². The molecule has 3 rings (SSSR count). The normalized spacial score (nSPS) is 11.0. The Kier molecular flexibility index (Phi) is 4.10. The van der Waals surface area contributed by atoms with Crippen LogP contribution in [0.2, 0.25) is 0 Å². The van der Waals surface area contributed by atoms with Crippen molar-refractivity contribution >= 4 is 11.5 Å². The van der Waals surface area contributed by atoms with E-state index >= 15 is 0 Å². The van der Waals surface area contributed by atoms with Crippen LogP contribution in [0.15, 0.2) is 42.7 Å². The zero-order valence-electron chi connectivity index (χ0n) is 13.9. The fourth-order valence-corrected chi connectivity index (χ4v) is 2.49. The van der Waals surface area contributed by atoms with Gasteiger partial charge in [-0.1, -0.05) is 26.0 Å². The first kappa shape index (κ1) is 15.2. The van der Waals surface area contributed by atoms with Gasteiger partial charge in [-0.3, -0.25) is 0 Å². The number of benzene rings is 1. The number of rotatable bonds is 4. The molecule has 2 heterocycles. The molecule has 0 radical (unpaired) electrons. The van der Waals surface area contributed by atoms with Gasteiger partial charge < -0.3 is 5.32 Å². The van der Waals surface area contributed by atoms with E-state index in [1.165, 1.54) is 5.56 Å². The lowest BCUT2D eigenvalue weighted by molar-refractivity contribution is 0.801. The number of nitrogens with one attached hydrogen (secondary N) is 1. The van der Waals surface area contributed by atoms with Crippen LogP contribution in [0.25, 0.3) is 5.82 Å². The minimum absolute atomic E-state index is 0.528. The fourth-order valence-electron chi connectivity index (χ4n) is 2.49. The van der Waals surface area contributed by atoms with Crippen molar-refractivity contribution in [2.24, 2.45) is 0 Å². The van der Waals surface area contributed by atoms with Crippen LogP contribution in [0.4, 0.5) is 11.5 Å². The van der Waals surface area contributed by atoms with Gasteiger partial charge in [0.2, 0.25) is 0 Å². The van der Waals surface area contributed by atoms with Crippen molar-refractivity contribution in [3.8, 4) is 5.82 Å². The maximum Gasteiger partial charge on any atom is 0.159 e. The third-order valence-corrected chi connectivity index (χ3v) is 3.73. The van der Waals surface area contributed by atoms with E-state index in [0.717, 1.165) is 28.7 Å². The van der Waals surface area contributed by atoms with Crippen LogP contribution in [0.1, 0.15) is 36.7 Å². The molecule has 5 heteroatoms. The largest absolute Gasteiger partial charge is 0.340 e. The van der Waals surface area contributed by atoms with Gasteiger partial charge in [-0.2, -0.15) is 5.10 Å². The third kappa shape index (κ3) is 3.39. The van der Waals surface area contributed by atoms with Crippen molar-refractivity contribution in [2.45, 2.75) is 33.6 Å². The van der Waals surface area contributed by atoms with E-state index in [-0.39, 0.29) is 0 Å². The SMILES string of the molecule is Cc1cc(C)n(-c2cc(Nc3ccc(C(C)C)cc3)ncn2)n1. The standard InChI is InChI=1S/C18H21N5/c1-12(2)15-5-7-16(8-6-15)21-17-10-18(20-11-19-17)23-14(4)9-13(3)22-23/h5-12H,1-4H3,(H,19,20,21). The minimum atomic E-state index is 0.528. The topological polar surface area (TPSA) is 55.6 Å². The van der Waals surface area contributed by atoms with E-state index in [4.69, 9.17) is 0 Å². The van der Waals surface area contributed by atoms with E-state index < -0.39 is 0 Å². The molecule has 0 aliphatic rings. The molecule has 2 aromatic heterocycles. The predicted octanol–water partition coefficient (Wildman–Crippen LogP) is 4.15. The van der Waals surface area contributed by atoms with Gasteiger partial charge in [-0.05, 0) is 43.5 Å². The van der Waals surface area contributed by atoms with Crippen LogP contribution in [0, 0.1) is 13.8 Å². The summed E-state index contributed by atoms with van der Waals surface area (Å²) in [6.45, 7) is 8.36. The molecule has 23 heavy (non-hydrogen) atoms. The van der Waals surface area contributed by atoms with Crippen molar-refractivity contribution in [3.63, 3.8) is 0 Å². The molecule has 0 bridgehead atoms. The number of hydrogen-bond acceptors (Lipinski definition) is 4. The van der Waals surface area contributed by atoms with E-state index in [9.17, 15) is 0 Å². The first-order chi connectivity index (χ1) is 11.0. The van der Waals surface area contributed by atoms with Gasteiger partial charge >= 0.3 is 0 Å². The smallest absolute Gasteiger partial charge is 0.159 e. The quantitative estimate of drug-likeness (QED) is 0.787. The highest BCUT2D eigenvalue weighted by atomic mass is 15.3. The van der Waals surface area contributed by atoms with Gasteiger partial charge in [0, 0.05) is 17.4 Å². The second-order valence-corrected chi connectivity index (χ2v) is 6.00. The Hall–Kier alpha value is -2.69. The second kappa shape index (κ2) is 6.20. The Morgan fingerprint density at radius 1 is 1.00 bits per heavy atom. The fraction of sp³-hybridized carbons (Fsp3) is 0.278. The molecule has 3 aromatic rings. The average Bonchev–Trinajstić information content (AvgIpc) is 2.87. The molecule has 0 unspecified atom stereocenters. The van der Waals surface area contributed by atoms with Gasteiger partial charge in [-0.15, -0.1) is 0 Å². The number of nitrogens with zero attached hydrogens (tertiary/aromatic N) is 4.